The second-order valence-electron chi connectivity index (χ2n) is 4.25. The highest BCUT2D eigenvalue weighted by Gasteiger charge is 2.16. The topological polar surface area (TPSA) is 46.2 Å². The molecule has 1 N–H and O–H groups in total. The molecule has 0 bridgehead atoms. The molecule has 0 heterocycles. The van der Waals surface area contributed by atoms with E-state index in [1.54, 1.807) is 12.1 Å². The van der Waals surface area contributed by atoms with Crippen LogP contribution in [0.5, 0.6) is 0 Å². The molecule has 0 aliphatic heterocycles. The fourth-order valence-electron chi connectivity index (χ4n) is 1.50. The number of benzene rings is 1. The summed E-state index contributed by atoms with van der Waals surface area (Å²) in [4.78, 5) is 0.352. The molecule has 0 aliphatic carbocycles. The second-order valence-corrected chi connectivity index (χ2v) is 5.97. The zero-order valence-electron chi connectivity index (χ0n) is 10.2. The van der Waals surface area contributed by atoms with Gasteiger partial charge in [0.25, 0.3) is 0 Å². The predicted molar refractivity (Wildman–Crippen MR) is 66.0 cm³/mol. The van der Waals surface area contributed by atoms with Gasteiger partial charge in [-0.25, -0.2) is 13.1 Å². The molecule has 0 saturated carbocycles. The maximum atomic E-state index is 12.0. The molecule has 0 amide bonds. The average molecular weight is 241 g/mol. The number of sulfonamides is 1. The van der Waals surface area contributed by atoms with Crippen molar-refractivity contribution in [2.24, 2.45) is 0 Å². The maximum Gasteiger partial charge on any atom is 0.240 e. The molecule has 90 valence electrons. The zero-order valence-corrected chi connectivity index (χ0v) is 11.1. The normalized spacial score (nSPS) is 13.8. The highest BCUT2D eigenvalue weighted by Crippen LogP contribution is 2.14. The lowest BCUT2D eigenvalue weighted by Crippen LogP contribution is -2.32. The van der Waals surface area contributed by atoms with Gasteiger partial charge in [-0.3, -0.25) is 0 Å². The summed E-state index contributed by atoms with van der Waals surface area (Å²) in [6, 6.07) is 5.31. The van der Waals surface area contributed by atoms with E-state index in [9.17, 15) is 8.42 Å². The Morgan fingerprint density at radius 2 is 1.69 bits per heavy atom. The molecule has 16 heavy (non-hydrogen) atoms. The zero-order chi connectivity index (χ0) is 12.3. The minimum atomic E-state index is -3.37. The Kier molecular flexibility index (Phi) is 4.10. The maximum absolute atomic E-state index is 12.0. The molecule has 1 unspecified atom stereocenters. The van der Waals surface area contributed by atoms with Crippen molar-refractivity contribution in [3.63, 3.8) is 0 Å². The van der Waals surface area contributed by atoms with Crippen LogP contribution in [-0.4, -0.2) is 14.5 Å². The van der Waals surface area contributed by atoms with Gasteiger partial charge in [0.2, 0.25) is 10.0 Å². The predicted octanol–water partition coefficient (Wildman–Crippen LogP) is 2.38. The van der Waals surface area contributed by atoms with Crippen molar-refractivity contribution in [1.29, 1.82) is 0 Å². The molecule has 3 nitrogen and oxygen atoms in total. The first-order chi connectivity index (χ1) is 7.35. The van der Waals surface area contributed by atoms with E-state index >= 15 is 0 Å². The number of hydrogen-bond donors (Lipinski definition) is 1. The Morgan fingerprint density at radius 3 is 2.12 bits per heavy atom. The van der Waals surface area contributed by atoms with Crippen LogP contribution in [0.2, 0.25) is 0 Å². The average Bonchev–Trinajstić information content (AvgIpc) is 2.15. The monoisotopic (exact) mass is 241 g/mol. The summed E-state index contributed by atoms with van der Waals surface area (Å²) in [7, 11) is -3.37. The highest BCUT2D eigenvalue weighted by atomic mass is 32.2. The summed E-state index contributed by atoms with van der Waals surface area (Å²) in [6.45, 7) is 7.61. The molecule has 0 fully saturated rings. The Balaban J connectivity index is 3.07. The van der Waals surface area contributed by atoms with Crippen molar-refractivity contribution in [2.45, 2.75) is 45.1 Å². The Morgan fingerprint density at radius 1 is 1.19 bits per heavy atom. The molecular formula is C12H19NO2S. The molecule has 0 saturated heterocycles. The van der Waals surface area contributed by atoms with Crippen molar-refractivity contribution in [3.05, 3.63) is 29.3 Å². The standard InChI is InChI=1S/C12H19NO2S/c1-5-11(4)13-16(14,15)12-7-9(2)6-10(3)8-12/h6-8,11,13H,5H2,1-4H3. The molecule has 1 aromatic rings. The van der Waals surface area contributed by atoms with Gasteiger partial charge in [0, 0.05) is 6.04 Å². The first-order valence-corrected chi connectivity index (χ1v) is 6.94. The highest BCUT2D eigenvalue weighted by molar-refractivity contribution is 7.89. The van der Waals surface area contributed by atoms with Gasteiger partial charge in [-0.2, -0.15) is 0 Å². The van der Waals surface area contributed by atoms with E-state index in [4.69, 9.17) is 0 Å². The van der Waals surface area contributed by atoms with E-state index in [2.05, 4.69) is 4.72 Å². The Bertz CT molecular complexity index is 446. The van der Waals surface area contributed by atoms with Crippen molar-refractivity contribution in [3.8, 4) is 0 Å². The van der Waals surface area contributed by atoms with Crippen LogP contribution in [0.15, 0.2) is 23.1 Å². The number of hydrogen-bond acceptors (Lipinski definition) is 2. The lowest BCUT2D eigenvalue weighted by molar-refractivity contribution is 0.555. The smallest absolute Gasteiger partial charge is 0.208 e. The van der Waals surface area contributed by atoms with Crippen molar-refractivity contribution < 1.29 is 8.42 Å². The molecule has 4 heteroatoms. The van der Waals surface area contributed by atoms with Gasteiger partial charge in [0.1, 0.15) is 0 Å². The molecule has 1 atom stereocenters. The van der Waals surface area contributed by atoms with Crippen LogP contribution in [0.25, 0.3) is 0 Å². The van der Waals surface area contributed by atoms with Crippen LogP contribution in [0.3, 0.4) is 0 Å². The minimum absolute atomic E-state index is 0.0363. The van der Waals surface area contributed by atoms with Crippen molar-refractivity contribution in [2.75, 3.05) is 0 Å². The van der Waals surface area contributed by atoms with Gasteiger partial charge in [0.05, 0.1) is 4.90 Å². The molecule has 0 aliphatic rings. The van der Waals surface area contributed by atoms with E-state index in [-0.39, 0.29) is 6.04 Å². The summed E-state index contributed by atoms with van der Waals surface area (Å²) < 4.78 is 26.6. The van der Waals surface area contributed by atoms with Crippen molar-refractivity contribution >= 4 is 10.0 Å². The van der Waals surface area contributed by atoms with Gasteiger partial charge in [-0.05, 0) is 50.5 Å². The van der Waals surface area contributed by atoms with E-state index in [1.165, 1.54) is 0 Å². The molecule has 0 spiro atoms. The Hall–Kier alpha value is -0.870. The second kappa shape index (κ2) is 4.97. The summed E-state index contributed by atoms with van der Waals surface area (Å²) in [6.07, 6.45) is 0.782. The third-order valence-electron chi connectivity index (χ3n) is 2.47. The van der Waals surface area contributed by atoms with Crippen LogP contribution in [-0.2, 0) is 10.0 Å². The van der Waals surface area contributed by atoms with E-state index in [1.807, 2.05) is 33.8 Å². The van der Waals surface area contributed by atoms with Gasteiger partial charge >= 0.3 is 0 Å². The lowest BCUT2D eigenvalue weighted by Gasteiger charge is -2.13. The van der Waals surface area contributed by atoms with Crippen LogP contribution in [0, 0.1) is 13.8 Å². The molecular weight excluding hydrogens is 222 g/mol. The van der Waals surface area contributed by atoms with Gasteiger partial charge in [-0.15, -0.1) is 0 Å². The van der Waals surface area contributed by atoms with Gasteiger partial charge in [0.15, 0.2) is 0 Å². The van der Waals surface area contributed by atoms with Gasteiger partial charge in [-0.1, -0.05) is 13.0 Å². The number of nitrogens with one attached hydrogen (secondary N) is 1. The fraction of sp³-hybridized carbons (Fsp3) is 0.500. The van der Waals surface area contributed by atoms with E-state index < -0.39 is 10.0 Å². The molecule has 0 aromatic heterocycles. The summed E-state index contributed by atoms with van der Waals surface area (Å²) in [5.41, 5.74) is 1.93. The Labute approximate surface area is 97.9 Å². The lowest BCUT2D eigenvalue weighted by atomic mass is 10.2. The first kappa shape index (κ1) is 13.2. The molecule has 1 aromatic carbocycles. The van der Waals surface area contributed by atoms with Crippen LogP contribution < -0.4 is 4.72 Å². The van der Waals surface area contributed by atoms with E-state index in [0.717, 1.165) is 17.5 Å². The van der Waals surface area contributed by atoms with Crippen LogP contribution in [0.4, 0.5) is 0 Å². The first-order valence-electron chi connectivity index (χ1n) is 5.46. The third kappa shape index (κ3) is 3.32. The van der Waals surface area contributed by atoms with Crippen LogP contribution in [0.1, 0.15) is 31.4 Å². The number of rotatable bonds is 4. The minimum Gasteiger partial charge on any atom is -0.208 e. The van der Waals surface area contributed by atoms with E-state index in [0.29, 0.717) is 4.90 Å². The number of aryl methyl sites for hydroxylation is 2. The summed E-state index contributed by atoms with van der Waals surface area (Å²) in [5, 5.41) is 0. The quantitative estimate of drug-likeness (QED) is 0.879. The third-order valence-corrected chi connectivity index (χ3v) is 4.04. The van der Waals surface area contributed by atoms with Crippen LogP contribution >= 0.6 is 0 Å². The summed E-state index contributed by atoms with van der Waals surface area (Å²) in [5.74, 6) is 0. The van der Waals surface area contributed by atoms with Gasteiger partial charge < -0.3 is 0 Å². The molecule has 0 radical (unpaired) electrons. The largest absolute Gasteiger partial charge is 0.240 e. The van der Waals surface area contributed by atoms with Crippen molar-refractivity contribution in [1.82, 2.24) is 4.72 Å². The summed E-state index contributed by atoms with van der Waals surface area (Å²) >= 11 is 0. The molecule has 1 rings (SSSR count). The fourth-order valence-corrected chi connectivity index (χ4v) is 3.02. The SMILES string of the molecule is CCC(C)NS(=O)(=O)c1cc(C)cc(C)c1.